The summed E-state index contributed by atoms with van der Waals surface area (Å²) in [6, 6.07) is 6.70. The number of halogens is 1. The molecule has 2 rings (SSSR count). The van der Waals surface area contributed by atoms with Crippen LogP contribution in [0.3, 0.4) is 0 Å². The summed E-state index contributed by atoms with van der Waals surface area (Å²) in [5, 5.41) is 3.04. The molecule has 1 aromatic carbocycles. The molecule has 1 aromatic rings. The van der Waals surface area contributed by atoms with E-state index in [2.05, 4.69) is 5.32 Å². The Balaban J connectivity index is 0.000000741. The second kappa shape index (κ2) is 9.34. The third kappa shape index (κ3) is 5.26. The van der Waals surface area contributed by atoms with Crippen LogP contribution in [0.1, 0.15) is 40.2 Å². The molecule has 0 amide bonds. The lowest BCUT2D eigenvalue weighted by Gasteiger charge is -2.19. The van der Waals surface area contributed by atoms with Crippen LogP contribution in [0.4, 0.5) is 4.39 Å². The van der Waals surface area contributed by atoms with Crippen LogP contribution in [-0.4, -0.2) is 6.17 Å². The summed E-state index contributed by atoms with van der Waals surface area (Å²) in [6.07, 6.45) is 3.46. The molecule has 1 aliphatic heterocycles. The maximum absolute atomic E-state index is 13.5. The van der Waals surface area contributed by atoms with Crippen LogP contribution in [0, 0.1) is 5.82 Å². The summed E-state index contributed by atoms with van der Waals surface area (Å²) in [4.78, 5) is 0. The van der Waals surface area contributed by atoms with Crippen molar-refractivity contribution in [2.24, 2.45) is 5.73 Å². The number of nitrogens with two attached hydrogens (primary N) is 1. The number of allylic oxidation sites excluding steroid dienone is 3. The molecule has 0 bridgehead atoms. The largest absolute Gasteiger partial charge is 0.370 e. The highest BCUT2D eigenvalue weighted by Crippen LogP contribution is 2.22. The molecule has 3 N–H and O–H groups in total. The van der Waals surface area contributed by atoms with Gasteiger partial charge in [-0.25, -0.2) is 4.39 Å². The van der Waals surface area contributed by atoms with E-state index in [9.17, 15) is 4.39 Å². The standard InChI is InChI=1S/C12H13FN2.2C2H6/c1-8-6-9(7-12(14)15-8)10-4-2-3-5-11(10)13;2*1-2/h2-7,12,15H,14H2,1H3;2*1-2H3. The van der Waals surface area contributed by atoms with E-state index in [1.165, 1.54) is 6.07 Å². The Morgan fingerprint density at radius 2 is 1.68 bits per heavy atom. The van der Waals surface area contributed by atoms with Crippen LogP contribution in [0.2, 0.25) is 0 Å². The van der Waals surface area contributed by atoms with Gasteiger partial charge in [-0.2, -0.15) is 0 Å². The Morgan fingerprint density at radius 1 is 1.11 bits per heavy atom. The molecule has 19 heavy (non-hydrogen) atoms. The topological polar surface area (TPSA) is 38.0 Å². The molecule has 0 aliphatic carbocycles. The summed E-state index contributed by atoms with van der Waals surface area (Å²) in [5.41, 5.74) is 8.12. The third-order valence-corrected chi connectivity index (χ3v) is 2.31. The lowest BCUT2D eigenvalue weighted by atomic mass is 10.0. The van der Waals surface area contributed by atoms with Gasteiger partial charge in [-0.15, -0.1) is 0 Å². The van der Waals surface area contributed by atoms with Crippen LogP contribution in [0.25, 0.3) is 5.57 Å². The van der Waals surface area contributed by atoms with Crippen molar-refractivity contribution in [1.29, 1.82) is 0 Å². The fourth-order valence-corrected chi connectivity index (χ4v) is 1.68. The molecule has 1 aliphatic rings. The first-order chi connectivity index (χ1) is 9.16. The Kier molecular flexibility index (Phi) is 8.55. The zero-order chi connectivity index (χ0) is 14.8. The average molecular weight is 264 g/mol. The van der Waals surface area contributed by atoms with Crippen molar-refractivity contribution in [2.45, 2.75) is 40.8 Å². The van der Waals surface area contributed by atoms with Gasteiger partial charge in [0.25, 0.3) is 0 Å². The summed E-state index contributed by atoms with van der Waals surface area (Å²) in [7, 11) is 0. The Hall–Kier alpha value is -1.61. The number of dihydropyridines is 1. The van der Waals surface area contributed by atoms with Gasteiger partial charge in [0.2, 0.25) is 0 Å². The van der Waals surface area contributed by atoms with E-state index < -0.39 is 0 Å². The Labute approximate surface area is 116 Å². The number of rotatable bonds is 1. The maximum Gasteiger partial charge on any atom is 0.131 e. The number of hydrogen-bond acceptors (Lipinski definition) is 2. The fraction of sp³-hybridized carbons (Fsp3) is 0.375. The smallest absolute Gasteiger partial charge is 0.131 e. The normalized spacial score (nSPS) is 16.7. The minimum atomic E-state index is -0.246. The highest BCUT2D eigenvalue weighted by Gasteiger charge is 2.11. The van der Waals surface area contributed by atoms with Crippen molar-refractivity contribution in [3.05, 3.63) is 53.5 Å². The highest BCUT2D eigenvalue weighted by atomic mass is 19.1. The van der Waals surface area contributed by atoms with Crippen LogP contribution in [-0.2, 0) is 0 Å². The van der Waals surface area contributed by atoms with Gasteiger partial charge in [0, 0.05) is 11.3 Å². The zero-order valence-corrected chi connectivity index (χ0v) is 12.5. The van der Waals surface area contributed by atoms with Crippen molar-refractivity contribution in [2.75, 3.05) is 0 Å². The first-order valence-corrected chi connectivity index (χ1v) is 6.84. The maximum atomic E-state index is 13.5. The quantitative estimate of drug-likeness (QED) is 0.803. The monoisotopic (exact) mass is 264 g/mol. The summed E-state index contributed by atoms with van der Waals surface area (Å²) in [6.45, 7) is 9.91. The van der Waals surface area contributed by atoms with E-state index in [1.54, 1.807) is 12.1 Å². The number of benzene rings is 1. The zero-order valence-electron chi connectivity index (χ0n) is 12.5. The summed E-state index contributed by atoms with van der Waals surface area (Å²) in [5.74, 6) is -0.220. The predicted octanol–water partition coefficient (Wildman–Crippen LogP) is 4.05. The van der Waals surface area contributed by atoms with E-state index in [0.29, 0.717) is 5.56 Å². The minimum absolute atomic E-state index is 0.220. The van der Waals surface area contributed by atoms with E-state index in [0.717, 1.165) is 11.3 Å². The molecule has 0 radical (unpaired) electrons. The lowest BCUT2D eigenvalue weighted by Crippen LogP contribution is -2.36. The molecule has 2 nitrogen and oxygen atoms in total. The van der Waals surface area contributed by atoms with Gasteiger partial charge in [0.15, 0.2) is 0 Å². The molecule has 1 unspecified atom stereocenters. The van der Waals surface area contributed by atoms with Crippen molar-refractivity contribution < 1.29 is 4.39 Å². The van der Waals surface area contributed by atoms with Gasteiger partial charge >= 0.3 is 0 Å². The average Bonchev–Trinajstić information content (AvgIpc) is 2.42. The van der Waals surface area contributed by atoms with Crippen molar-refractivity contribution in [1.82, 2.24) is 5.32 Å². The van der Waals surface area contributed by atoms with Crippen molar-refractivity contribution in [3.8, 4) is 0 Å². The molecule has 0 fully saturated rings. The predicted molar refractivity (Wildman–Crippen MR) is 81.9 cm³/mol. The lowest BCUT2D eigenvalue weighted by molar-refractivity contribution is 0.623. The molecule has 0 spiro atoms. The first kappa shape index (κ1) is 17.4. The highest BCUT2D eigenvalue weighted by molar-refractivity contribution is 5.76. The Morgan fingerprint density at radius 3 is 2.21 bits per heavy atom. The molecule has 3 heteroatoms. The number of hydrogen-bond donors (Lipinski definition) is 2. The molecule has 0 saturated heterocycles. The van der Waals surface area contributed by atoms with Gasteiger partial charge in [-0.1, -0.05) is 45.9 Å². The molecule has 0 aromatic heterocycles. The van der Waals surface area contributed by atoms with Gasteiger partial charge in [-0.05, 0) is 30.7 Å². The SMILES string of the molecule is CC.CC.CC1=CC(c2ccccc2F)=CC(N)N1. The third-order valence-electron chi connectivity index (χ3n) is 2.31. The molecule has 1 heterocycles. The minimum Gasteiger partial charge on any atom is -0.370 e. The van der Waals surface area contributed by atoms with E-state index in [4.69, 9.17) is 5.73 Å². The van der Waals surface area contributed by atoms with Crippen LogP contribution in [0.5, 0.6) is 0 Å². The van der Waals surface area contributed by atoms with E-state index >= 15 is 0 Å². The van der Waals surface area contributed by atoms with E-state index in [1.807, 2.05) is 52.8 Å². The van der Waals surface area contributed by atoms with Gasteiger partial charge in [0.05, 0.1) is 6.17 Å². The first-order valence-electron chi connectivity index (χ1n) is 6.84. The molecule has 1 atom stereocenters. The fourth-order valence-electron chi connectivity index (χ4n) is 1.68. The second-order valence-electron chi connectivity index (χ2n) is 3.60. The van der Waals surface area contributed by atoms with Crippen molar-refractivity contribution >= 4 is 5.57 Å². The molecular weight excluding hydrogens is 239 g/mol. The van der Waals surface area contributed by atoms with Gasteiger partial charge in [0.1, 0.15) is 5.82 Å². The van der Waals surface area contributed by atoms with Gasteiger partial charge in [-0.3, -0.25) is 0 Å². The summed E-state index contributed by atoms with van der Waals surface area (Å²) < 4.78 is 13.5. The van der Waals surface area contributed by atoms with Crippen LogP contribution in [0.15, 0.2) is 42.1 Å². The molecule has 106 valence electrons. The van der Waals surface area contributed by atoms with Crippen molar-refractivity contribution in [3.63, 3.8) is 0 Å². The second-order valence-corrected chi connectivity index (χ2v) is 3.60. The number of nitrogens with one attached hydrogen (secondary N) is 1. The van der Waals surface area contributed by atoms with Gasteiger partial charge < -0.3 is 11.1 Å². The van der Waals surface area contributed by atoms with Crippen LogP contribution >= 0.6 is 0 Å². The molecular formula is C16H25FN2. The van der Waals surface area contributed by atoms with Crippen LogP contribution < -0.4 is 11.1 Å². The summed E-state index contributed by atoms with van der Waals surface area (Å²) >= 11 is 0. The Bertz CT molecular complexity index is 436. The molecule has 0 saturated carbocycles. The van der Waals surface area contributed by atoms with E-state index in [-0.39, 0.29) is 12.0 Å².